The first-order valence-electron chi connectivity index (χ1n) is 5.08. The lowest BCUT2D eigenvalue weighted by molar-refractivity contribution is 0.478. The summed E-state index contributed by atoms with van der Waals surface area (Å²) in [7, 11) is 0. The molecular formula is C12H11N3O2. The summed E-state index contributed by atoms with van der Waals surface area (Å²) in [5, 5.41) is 20.8. The van der Waals surface area contributed by atoms with E-state index in [0.29, 0.717) is 11.4 Å². The summed E-state index contributed by atoms with van der Waals surface area (Å²) < 4.78 is 0. The summed E-state index contributed by atoms with van der Waals surface area (Å²) in [4.78, 5) is 3.08. The molecule has 0 atom stereocenters. The number of hydrogen-bond acceptors (Lipinski definition) is 4. The molecule has 0 fully saturated rings. The Morgan fingerprint density at radius 3 is 1.59 bits per heavy atom. The van der Waals surface area contributed by atoms with Crippen molar-refractivity contribution in [3.05, 3.63) is 24.3 Å². The summed E-state index contributed by atoms with van der Waals surface area (Å²) in [5.41, 5.74) is 13.4. The molecule has 3 rings (SSSR count). The van der Waals surface area contributed by atoms with Gasteiger partial charge in [0.05, 0.1) is 22.4 Å². The van der Waals surface area contributed by atoms with Crippen molar-refractivity contribution in [1.82, 2.24) is 4.98 Å². The van der Waals surface area contributed by atoms with Gasteiger partial charge in [-0.15, -0.1) is 0 Å². The van der Waals surface area contributed by atoms with Crippen molar-refractivity contribution in [3.8, 4) is 11.5 Å². The average molecular weight is 229 g/mol. The van der Waals surface area contributed by atoms with Crippen LogP contribution >= 0.6 is 0 Å². The van der Waals surface area contributed by atoms with E-state index in [9.17, 15) is 10.2 Å². The number of aromatic amines is 1. The molecule has 0 spiro atoms. The van der Waals surface area contributed by atoms with Crippen LogP contribution in [0.2, 0.25) is 0 Å². The van der Waals surface area contributed by atoms with Crippen LogP contribution in [0.3, 0.4) is 0 Å². The maximum atomic E-state index is 9.53. The van der Waals surface area contributed by atoms with E-state index in [1.54, 1.807) is 24.3 Å². The van der Waals surface area contributed by atoms with Crippen LogP contribution in [-0.2, 0) is 0 Å². The quantitative estimate of drug-likeness (QED) is 0.299. The van der Waals surface area contributed by atoms with Crippen molar-refractivity contribution in [2.75, 3.05) is 11.5 Å². The largest absolute Gasteiger partial charge is 0.506 e. The number of H-pyrrole nitrogens is 1. The van der Waals surface area contributed by atoms with Crippen LogP contribution in [0.4, 0.5) is 11.4 Å². The molecule has 2 aromatic carbocycles. The fourth-order valence-corrected chi connectivity index (χ4v) is 2.01. The Morgan fingerprint density at radius 1 is 0.765 bits per heavy atom. The molecular weight excluding hydrogens is 218 g/mol. The Hall–Kier alpha value is -2.56. The molecule has 0 unspecified atom stereocenters. The third-order valence-electron chi connectivity index (χ3n) is 2.89. The van der Waals surface area contributed by atoms with Gasteiger partial charge in [-0.25, -0.2) is 0 Å². The molecule has 0 radical (unpaired) electrons. The van der Waals surface area contributed by atoms with Crippen LogP contribution in [-0.4, -0.2) is 15.2 Å². The molecule has 0 saturated carbocycles. The lowest BCUT2D eigenvalue weighted by Gasteiger charge is -1.99. The van der Waals surface area contributed by atoms with Crippen molar-refractivity contribution in [1.29, 1.82) is 0 Å². The van der Waals surface area contributed by atoms with Gasteiger partial charge < -0.3 is 26.7 Å². The molecule has 0 aliphatic heterocycles. The Morgan fingerprint density at radius 2 is 1.18 bits per heavy atom. The highest BCUT2D eigenvalue weighted by molar-refractivity contribution is 6.10. The van der Waals surface area contributed by atoms with Gasteiger partial charge in [-0.3, -0.25) is 0 Å². The Kier molecular flexibility index (Phi) is 1.69. The molecule has 0 saturated heterocycles. The zero-order valence-corrected chi connectivity index (χ0v) is 8.86. The van der Waals surface area contributed by atoms with Crippen LogP contribution in [0.15, 0.2) is 24.3 Å². The number of phenolic OH excluding ortho intramolecular Hbond substituents is 2. The summed E-state index contributed by atoms with van der Waals surface area (Å²) in [5.74, 6) is 0.0579. The lowest BCUT2D eigenvalue weighted by atomic mass is 10.1. The number of benzene rings is 2. The van der Waals surface area contributed by atoms with Crippen LogP contribution in [0.25, 0.3) is 21.8 Å². The van der Waals surface area contributed by atoms with Crippen LogP contribution in [0, 0.1) is 0 Å². The minimum absolute atomic E-state index is 0.0289. The van der Waals surface area contributed by atoms with Gasteiger partial charge >= 0.3 is 0 Å². The number of anilines is 2. The second-order valence-electron chi connectivity index (χ2n) is 4.04. The number of nitrogen functional groups attached to an aromatic ring is 2. The zero-order chi connectivity index (χ0) is 12.2. The number of nitrogens with two attached hydrogens (primary N) is 2. The first kappa shape index (κ1) is 9.65. The minimum Gasteiger partial charge on any atom is -0.506 e. The average Bonchev–Trinajstić information content (AvgIpc) is 2.58. The minimum atomic E-state index is 0.0289. The van der Waals surface area contributed by atoms with Crippen LogP contribution in [0.5, 0.6) is 11.5 Å². The number of aromatic nitrogens is 1. The van der Waals surface area contributed by atoms with Gasteiger partial charge in [0.2, 0.25) is 0 Å². The highest BCUT2D eigenvalue weighted by atomic mass is 16.3. The van der Waals surface area contributed by atoms with Gasteiger partial charge in [0.25, 0.3) is 0 Å². The monoisotopic (exact) mass is 229 g/mol. The van der Waals surface area contributed by atoms with E-state index in [4.69, 9.17) is 11.5 Å². The predicted octanol–water partition coefficient (Wildman–Crippen LogP) is 1.90. The molecule has 5 heteroatoms. The van der Waals surface area contributed by atoms with E-state index >= 15 is 0 Å². The van der Waals surface area contributed by atoms with Crippen molar-refractivity contribution in [2.45, 2.75) is 0 Å². The molecule has 3 aromatic rings. The van der Waals surface area contributed by atoms with E-state index in [0.717, 1.165) is 21.8 Å². The number of phenols is 2. The molecule has 0 amide bonds. The van der Waals surface area contributed by atoms with E-state index in [1.165, 1.54) is 0 Å². The van der Waals surface area contributed by atoms with Gasteiger partial charge in [0, 0.05) is 22.9 Å². The topological polar surface area (TPSA) is 108 Å². The number of rotatable bonds is 0. The summed E-state index contributed by atoms with van der Waals surface area (Å²) >= 11 is 0. The summed E-state index contributed by atoms with van der Waals surface area (Å²) in [6.07, 6.45) is 0. The normalized spacial score (nSPS) is 11.3. The third-order valence-corrected chi connectivity index (χ3v) is 2.89. The Bertz CT molecular complexity index is 684. The van der Waals surface area contributed by atoms with Gasteiger partial charge in [-0.1, -0.05) is 0 Å². The Labute approximate surface area is 96.3 Å². The lowest BCUT2D eigenvalue weighted by Crippen LogP contribution is -1.85. The number of nitrogens with one attached hydrogen (secondary N) is 1. The smallest absolute Gasteiger partial charge is 0.140 e. The molecule has 1 heterocycles. The third kappa shape index (κ3) is 1.25. The van der Waals surface area contributed by atoms with Gasteiger partial charge in [-0.05, 0) is 12.1 Å². The SMILES string of the molecule is Nc1cc2c(cc1O)[nH]c1cc(O)c(N)cc12. The number of fused-ring (bicyclic) bond motifs is 3. The van der Waals surface area contributed by atoms with Crippen molar-refractivity contribution in [2.24, 2.45) is 0 Å². The number of aromatic hydroxyl groups is 2. The fourth-order valence-electron chi connectivity index (χ4n) is 2.01. The first-order valence-corrected chi connectivity index (χ1v) is 5.08. The van der Waals surface area contributed by atoms with Crippen molar-refractivity contribution < 1.29 is 10.2 Å². The van der Waals surface area contributed by atoms with Crippen LogP contribution in [0.1, 0.15) is 0 Å². The number of hydrogen-bond donors (Lipinski definition) is 5. The molecule has 5 nitrogen and oxygen atoms in total. The zero-order valence-electron chi connectivity index (χ0n) is 8.86. The second kappa shape index (κ2) is 2.98. The predicted molar refractivity (Wildman–Crippen MR) is 68.0 cm³/mol. The van der Waals surface area contributed by atoms with Crippen molar-refractivity contribution >= 4 is 33.2 Å². The van der Waals surface area contributed by atoms with Crippen LogP contribution < -0.4 is 11.5 Å². The highest BCUT2D eigenvalue weighted by Crippen LogP contribution is 2.35. The summed E-state index contributed by atoms with van der Waals surface area (Å²) in [6.45, 7) is 0. The summed E-state index contributed by atoms with van der Waals surface area (Å²) in [6, 6.07) is 6.47. The van der Waals surface area contributed by atoms with E-state index in [1.807, 2.05) is 0 Å². The van der Waals surface area contributed by atoms with E-state index in [2.05, 4.69) is 4.98 Å². The van der Waals surface area contributed by atoms with E-state index < -0.39 is 0 Å². The first-order chi connectivity index (χ1) is 8.06. The molecule has 17 heavy (non-hydrogen) atoms. The molecule has 0 bridgehead atoms. The standard InChI is InChI=1S/C12H11N3O2/c13-7-1-5-6-2-8(14)12(17)4-10(6)15-9(5)3-11(7)16/h1-4,15-17H,13-14H2. The van der Waals surface area contributed by atoms with Gasteiger partial charge in [0.15, 0.2) is 0 Å². The molecule has 86 valence electrons. The van der Waals surface area contributed by atoms with E-state index in [-0.39, 0.29) is 11.5 Å². The maximum Gasteiger partial charge on any atom is 0.140 e. The molecule has 1 aromatic heterocycles. The van der Waals surface area contributed by atoms with Crippen molar-refractivity contribution in [3.63, 3.8) is 0 Å². The second-order valence-corrected chi connectivity index (χ2v) is 4.04. The highest BCUT2D eigenvalue weighted by Gasteiger charge is 2.09. The van der Waals surface area contributed by atoms with Gasteiger partial charge in [0.1, 0.15) is 11.5 Å². The molecule has 0 aliphatic rings. The molecule has 7 N–H and O–H groups in total. The van der Waals surface area contributed by atoms with Gasteiger partial charge in [-0.2, -0.15) is 0 Å². The molecule has 0 aliphatic carbocycles. The Balaban J connectivity index is 2.51. The maximum absolute atomic E-state index is 9.53. The fraction of sp³-hybridized carbons (Fsp3) is 0.